The van der Waals surface area contributed by atoms with Gasteiger partial charge in [-0.2, -0.15) is 0 Å². The lowest BCUT2D eigenvalue weighted by molar-refractivity contribution is 1.04. The van der Waals surface area contributed by atoms with Crippen LogP contribution in [0.25, 0.3) is 0 Å². The van der Waals surface area contributed by atoms with Gasteiger partial charge in [-0.05, 0) is 0 Å². The van der Waals surface area contributed by atoms with Gasteiger partial charge in [0, 0.05) is 5.25 Å². The summed E-state index contributed by atoms with van der Waals surface area (Å²) in [6, 6.07) is 0. The molecule has 1 rings (SSSR count). The lowest BCUT2D eigenvalue weighted by Gasteiger charge is -2.01. The molecule has 11 heavy (non-hydrogen) atoms. The van der Waals surface area contributed by atoms with Gasteiger partial charge in [0.1, 0.15) is 10.8 Å². The SMILES string of the molecule is CC(C)Sc1cnc(N)cn1. The van der Waals surface area contributed by atoms with Crippen LogP contribution < -0.4 is 5.73 Å². The number of thioether (sulfide) groups is 1. The van der Waals surface area contributed by atoms with Gasteiger partial charge in [0.05, 0.1) is 12.4 Å². The molecule has 0 aliphatic heterocycles. The number of nitrogen functional groups attached to an aromatic ring is 1. The predicted molar refractivity (Wildman–Crippen MR) is 47.4 cm³/mol. The number of nitrogens with zero attached hydrogens (tertiary/aromatic N) is 2. The van der Waals surface area contributed by atoms with Crippen LogP contribution in [0.1, 0.15) is 13.8 Å². The Bertz CT molecular complexity index is 220. The summed E-state index contributed by atoms with van der Waals surface area (Å²) in [4.78, 5) is 8.02. The summed E-state index contributed by atoms with van der Waals surface area (Å²) in [7, 11) is 0. The van der Waals surface area contributed by atoms with E-state index in [0.29, 0.717) is 11.1 Å². The quantitative estimate of drug-likeness (QED) is 0.682. The second-order valence-electron chi connectivity index (χ2n) is 2.45. The third kappa shape index (κ3) is 2.76. The van der Waals surface area contributed by atoms with Crippen molar-refractivity contribution in [3.05, 3.63) is 12.4 Å². The van der Waals surface area contributed by atoms with Crippen molar-refractivity contribution >= 4 is 17.6 Å². The molecule has 1 aromatic heterocycles. The molecule has 0 radical (unpaired) electrons. The van der Waals surface area contributed by atoms with E-state index in [1.165, 1.54) is 0 Å². The number of hydrogen-bond acceptors (Lipinski definition) is 4. The zero-order valence-corrected chi connectivity index (χ0v) is 7.43. The standard InChI is InChI=1S/C7H11N3S/c1-5(2)11-7-4-9-6(8)3-10-7/h3-5H,1-2H3,(H2,8,9). The average Bonchev–Trinajstić information content (AvgIpc) is 1.93. The highest BCUT2D eigenvalue weighted by atomic mass is 32.2. The molecule has 2 N–H and O–H groups in total. The Kier molecular flexibility index (Phi) is 2.70. The highest BCUT2D eigenvalue weighted by molar-refractivity contribution is 7.99. The van der Waals surface area contributed by atoms with E-state index in [-0.39, 0.29) is 0 Å². The van der Waals surface area contributed by atoms with E-state index in [9.17, 15) is 0 Å². The molecular formula is C7H11N3S. The molecule has 1 aromatic rings. The smallest absolute Gasteiger partial charge is 0.141 e. The molecule has 1 heterocycles. The second kappa shape index (κ2) is 3.57. The maximum absolute atomic E-state index is 5.37. The van der Waals surface area contributed by atoms with Crippen LogP contribution in [0.4, 0.5) is 5.82 Å². The van der Waals surface area contributed by atoms with Gasteiger partial charge in [0.15, 0.2) is 0 Å². The fourth-order valence-corrected chi connectivity index (χ4v) is 1.34. The highest BCUT2D eigenvalue weighted by Crippen LogP contribution is 2.19. The molecule has 4 heteroatoms. The van der Waals surface area contributed by atoms with Gasteiger partial charge in [0.2, 0.25) is 0 Å². The van der Waals surface area contributed by atoms with Gasteiger partial charge in [-0.1, -0.05) is 13.8 Å². The predicted octanol–water partition coefficient (Wildman–Crippen LogP) is 1.56. The van der Waals surface area contributed by atoms with Crippen molar-refractivity contribution < 1.29 is 0 Å². The molecule has 0 amide bonds. The van der Waals surface area contributed by atoms with Crippen molar-refractivity contribution in [1.82, 2.24) is 9.97 Å². The summed E-state index contributed by atoms with van der Waals surface area (Å²) in [6.07, 6.45) is 3.27. The summed E-state index contributed by atoms with van der Waals surface area (Å²) in [6.45, 7) is 4.23. The fraction of sp³-hybridized carbons (Fsp3) is 0.429. The van der Waals surface area contributed by atoms with E-state index in [1.807, 2.05) is 0 Å². The summed E-state index contributed by atoms with van der Waals surface area (Å²) in [5.74, 6) is 0.470. The van der Waals surface area contributed by atoms with Crippen LogP contribution in [0, 0.1) is 0 Å². The molecule has 0 unspecified atom stereocenters. The van der Waals surface area contributed by atoms with E-state index < -0.39 is 0 Å². The summed E-state index contributed by atoms with van der Waals surface area (Å²) >= 11 is 1.68. The molecule has 0 fully saturated rings. The number of anilines is 1. The lowest BCUT2D eigenvalue weighted by atomic mass is 10.6. The van der Waals surface area contributed by atoms with Crippen molar-refractivity contribution in [1.29, 1.82) is 0 Å². The maximum atomic E-state index is 5.37. The minimum absolute atomic E-state index is 0.470. The van der Waals surface area contributed by atoms with Crippen LogP contribution in [-0.4, -0.2) is 15.2 Å². The summed E-state index contributed by atoms with van der Waals surface area (Å²) < 4.78 is 0. The molecule has 0 aromatic carbocycles. The van der Waals surface area contributed by atoms with Crippen LogP contribution >= 0.6 is 11.8 Å². The Morgan fingerprint density at radius 2 is 2.09 bits per heavy atom. The monoisotopic (exact) mass is 169 g/mol. The number of hydrogen-bond donors (Lipinski definition) is 1. The third-order valence-corrected chi connectivity index (χ3v) is 1.93. The van der Waals surface area contributed by atoms with Crippen molar-refractivity contribution in [3.8, 4) is 0 Å². The molecule has 0 saturated heterocycles. The zero-order chi connectivity index (χ0) is 8.27. The average molecular weight is 169 g/mol. The molecular weight excluding hydrogens is 158 g/mol. The molecule has 0 bridgehead atoms. The molecule has 0 aliphatic rings. The van der Waals surface area contributed by atoms with Crippen molar-refractivity contribution in [2.45, 2.75) is 24.1 Å². The molecule has 3 nitrogen and oxygen atoms in total. The largest absolute Gasteiger partial charge is 0.382 e. The Morgan fingerprint density at radius 3 is 2.55 bits per heavy atom. The first-order chi connectivity index (χ1) is 5.18. The topological polar surface area (TPSA) is 51.8 Å². The van der Waals surface area contributed by atoms with Gasteiger partial charge < -0.3 is 5.73 Å². The lowest BCUT2D eigenvalue weighted by Crippen LogP contribution is -1.93. The molecule has 0 spiro atoms. The first-order valence-corrected chi connectivity index (χ1v) is 4.30. The first kappa shape index (κ1) is 8.33. The summed E-state index contributed by atoms with van der Waals surface area (Å²) in [5, 5.41) is 1.46. The van der Waals surface area contributed by atoms with Crippen molar-refractivity contribution in [2.75, 3.05) is 5.73 Å². The van der Waals surface area contributed by atoms with Gasteiger partial charge in [-0.15, -0.1) is 11.8 Å². The van der Waals surface area contributed by atoms with E-state index in [4.69, 9.17) is 5.73 Å². The van der Waals surface area contributed by atoms with Gasteiger partial charge in [-0.25, -0.2) is 9.97 Å². The molecule has 0 atom stereocenters. The number of nitrogens with two attached hydrogens (primary N) is 1. The minimum Gasteiger partial charge on any atom is -0.382 e. The zero-order valence-electron chi connectivity index (χ0n) is 6.61. The molecule has 0 saturated carbocycles. The minimum atomic E-state index is 0.470. The van der Waals surface area contributed by atoms with Gasteiger partial charge in [0.25, 0.3) is 0 Å². The first-order valence-electron chi connectivity index (χ1n) is 3.42. The fourth-order valence-electron chi connectivity index (χ4n) is 0.629. The van der Waals surface area contributed by atoms with E-state index in [2.05, 4.69) is 23.8 Å². The van der Waals surface area contributed by atoms with E-state index in [1.54, 1.807) is 24.2 Å². The Morgan fingerprint density at radius 1 is 1.36 bits per heavy atom. The maximum Gasteiger partial charge on any atom is 0.141 e. The van der Waals surface area contributed by atoms with Crippen LogP contribution in [0.15, 0.2) is 17.4 Å². The van der Waals surface area contributed by atoms with Crippen molar-refractivity contribution in [3.63, 3.8) is 0 Å². The number of aromatic nitrogens is 2. The second-order valence-corrected chi connectivity index (χ2v) is 4.04. The highest BCUT2D eigenvalue weighted by Gasteiger charge is 1.98. The van der Waals surface area contributed by atoms with E-state index >= 15 is 0 Å². The van der Waals surface area contributed by atoms with Crippen LogP contribution in [0.5, 0.6) is 0 Å². The summed E-state index contributed by atoms with van der Waals surface area (Å²) in [5.41, 5.74) is 5.37. The van der Waals surface area contributed by atoms with Gasteiger partial charge in [-0.3, -0.25) is 0 Å². The molecule has 0 aliphatic carbocycles. The number of rotatable bonds is 2. The molecule has 60 valence electrons. The van der Waals surface area contributed by atoms with Crippen LogP contribution in [-0.2, 0) is 0 Å². The van der Waals surface area contributed by atoms with Gasteiger partial charge >= 0.3 is 0 Å². The van der Waals surface area contributed by atoms with Crippen molar-refractivity contribution in [2.24, 2.45) is 0 Å². The van der Waals surface area contributed by atoms with Crippen LogP contribution in [0.2, 0.25) is 0 Å². The van der Waals surface area contributed by atoms with E-state index in [0.717, 1.165) is 5.03 Å². The Hall–Kier alpha value is -0.770. The Balaban J connectivity index is 2.66. The third-order valence-electron chi connectivity index (χ3n) is 1.00. The Labute approximate surface area is 70.4 Å². The van der Waals surface area contributed by atoms with Crippen LogP contribution in [0.3, 0.4) is 0 Å². The normalized spacial score (nSPS) is 10.5.